The first-order valence-electron chi connectivity index (χ1n) is 9.73. The Hall–Kier alpha value is -3.67. The van der Waals surface area contributed by atoms with Crippen molar-refractivity contribution in [2.24, 2.45) is 0 Å². The quantitative estimate of drug-likeness (QED) is 0.555. The minimum absolute atomic E-state index is 0.0396. The fraction of sp³-hybridized carbons (Fsp3) is 0.174. The van der Waals surface area contributed by atoms with E-state index in [9.17, 15) is 4.79 Å². The van der Waals surface area contributed by atoms with Gasteiger partial charge < -0.3 is 9.73 Å². The van der Waals surface area contributed by atoms with Gasteiger partial charge in [-0.25, -0.2) is 4.98 Å². The topological polar surface area (TPSA) is 73.0 Å². The van der Waals surface area contributed by atoms with Gasteiger partial charge in [-0.2, -0.15) is 0 Å². The van der Waals surface area contributed by atoms with E-state index in [4.69, 9.17) is 9.40 Å². The van der Waals surface area contributed by atoms with Crippen LogP contribution < -0.4 is 5.32 Å². The molecule has 1 N–H and O–H groups in total. The molecule has 1 aromatic carbocycles. The van der Waals surface area contributed by atoms with E-state index >= 15 is 0 Å². The van der Waals surface area contributed by atoms with Gasteiger partial charge in [0.25, 0.3) is 0 Å². The molecule has 29 heavy (non-hydrogen) atoms. The minimum Gasteiger partial charge on any atom is -0.469 e. The summed E-state index contributed by atoms with van der Waals surface area (Å²) in [5, 5.41) is 3.46. The average Bonchev–Trinajstić information content (AvgIpc) is 3.40. The number of pyridine rings is 1. The highest BCUT2D eigenvalue weighted by Gasteiger charge is 2.40. The zero-order valence-corrected chi connectivity index (χ0v) is 15.6. The lowest BCUT2D eigenvalue weighted by Crippen LogP contribution is -2.33. The van der Waals surface area contributed by atoms with E-state index in [0.717, 1.165) is 46.0 Å². The molecule has 3 aromatic heterocycles. The zero-order chi connectivity index (χ0) is 19.4. The van der Waals surface area contributed by atoms with Crippen LogP contribution >= 0.6 is 0 Å². The molecule has 142 valence electrons. The maximum Gasteiger partial charge on any atom is 0.209 e. The monoisotopic (exact) mass is 382 g/mol. The van der Waals surface area contributed by atoms with Crippen LogP contribution in [0.2, 0.25) is 0 Å². The van der Waals surface area contributed by atoms with Crippen LogP contribution in [0.15, 0.2) is 82.9 Å². The van der Waals surface area contributed by atoms with Crippen LogP contribution in [-0.4, -0.2) is 20.3 Å². The molecule has 4 aromatic rings. The highest BCUT2D eigenvalue weighted by atomic mass is 16.3. The molecular formula is C23H18N4O2. The number of furan rings is 1. The minimum atomic E-state index is -0.221. The molecule has 0 fully saturated rings. The Morgan fingerprint density at radius 1 is 1.03 bits per heavy atom. The summed E-state index contributed by atoms with van der Waals surface area (Å²) in [6.45, 7) is 0. The van der Waals surface area contributed by atoms with Crippen LogP contribution in [0.5, 0.6) is 0 Å². The number of ketones is 1. The maximum atomic E-state index is 13.4. The molecule has 6 rings (SSSR count). The standard InChI is InChI=1S/C23H18N4O2/c28-19-13-15(20-6-3-11-29-20)12-17-21(19)22(14-7-9-24-10-8-14)27-18-5-2-1-4-16(18)25-23(27)26-17/h1-11,15,22H,12-13H2,(H,25,26)/t15-,22+/m1/s1. The smallest absolute Gasteiger partial charge is 0.209 e. The van der Waals surface area contributed by atoms with Crippen molar-refractivity contribution in [1.29, 1.82) is 0 Å². The molecule has 6 nitrogen and oxygen atoms in total. The summed E-state index contributed by atoms with van der Waals surface area (Å²) in [4.78, 5) is 22.4. The van der Waals surface area contributed by atoms with E-state index in [1.165, 1.54) is 0 Å². The summed E-state index contributed by atoms with van der Waals surface area (Å²) in [6.07, 6.45) is 6.37. The molecule has 2 aliphatic rings. The number of hydrogen-bond acceptors (Lipinski definition) is 5. The van der Waals surface area contributed by atoms with E-state index in [1.807, 2.05) is 48.5 Å². The van der Waals surface area contributed by atoms with Gasteiger partial charge in [-0.05, 0) is 48.4 Å². The number of hydrogen-bond donors (Lipinski definition) is 1. The molecule has 2 atom stereocenters. The number of rotatable bonds is 2. The number of anilines is 1. The van der Waals surface area contributed by atoms with Crippen molar-refractivity contribution in [1.82, 2.24) is 14.5 Å². The number of benzene rings is 1. The number of nitrogens with one attached hydrogen (secondary N) is 1. The summed E-state index contributed by atoms with van der Waals surface area (Å²) < 4.78 is 7.73. The van der Waals surface area contributed by atoms with Gasteiger partial charge in [0.2, 0.25) is 5.95 Å². The van der Waals surface area contributed by atoms with Crippen LogP contribution in [-0.2, 0) is 4.79 Å². The zero-order valence-electron chi connectivity index (χ0n) is 15.6. The molecule has 0 spiro atoms. The Bertz CT molecular complexity index is 1250. The van der Waals surface area contributed by atoms with Gasteiger partial charge >= 0.3 is 0 Å². The van der Waals surface area contributed by atoms with Crippen LogP contribution in [0.3, 0.4) is 0 Å². The maximum absolute atomic E-state index is 13.4. The predicted octanol–water partition coefficient (Wildman–Crippen LogP) is 4.44. The molecule has 6 heteroatoms. The third-order valence-corrected chi connectivity index (χ3v) is 5.87. The molecule has 1 aliphatic carbocycles. The molecule has 0 bridgehead atoms. The lowest BCUT2D eigenvalue weighted by molar-refractivity contribution is -0.116. The summed E-state index contributed by atoms with van der Waals surface area (Å²) in [5.41, 5.74) is 4.69. The SMILES string of the molecule is O=C1C[C@H](c2ccco2)CC2=C1[C@H](c1ccncc1)n1c(nc3ccccc31)N2. The van der Waals surface area contributed by atoms with E-state index < -0.39 is 0 Å². The highest BCUT2D eigenvalue weighted by Crippen LogP contribution is 2.45. The lowest BCUT2D eigenvalue weighted by atomic mass is 9.79. The highest BCUT2D eigenvalue weighted by molar-refractivity contribution is 6.01. The van der Waals surface area contributed by atoms with Crippen LogP contribution in [0, 0.1) is 0 Å². The molecular weight excluding hydrogens is 364 g/mol. The molecule has 0 unspecified atom stereocenters. The summed E-state index contributed by atoms with van der Waals surface area (Å²) >= 11 is 0. The first kappa shape index (κ1) is 16.3. The third-order valence-electron chi connectivity index (χ3n) is 5.87. The molecule has 1 aliphatic heterocycles. The first-order valence-corrected chi connectivity index (χ1v) is 9.73. The van der Waals surface area contributed by atoms with Crippen molar-refractivity contribution >= 4 is 22.8 Å². The molecule has 4 heterocycles. The van der Waals surface area contributed by atoms with E-state index in [1.54, 1.807) is 18.7 Å². The fourth-order valence-electron chi connectivity index (χ4n) is 4.61. The van der Waals surface area contributed by atoms with Gasteiger partial charge in [0.15, 0.2) is 5.78 Å². The van der Waals surface area contributed by atoms with E-state index in [0.29, 0.717) is 6.42 Å². The fourth-order valence-corrected chi connectivity index (χ4v) is 4.61. The lowest BCUT2D eigenvalue weighted by Gasteiger charge is -2.35. The van der Waals surface area contributed by atoms with Crippen molar-refractivity contribution in [2.75, 3.05) is 5.32 Å². The Labute approximate surface area is 166 Å². The number of carbonyl (C=O) groups excluding carboxylic acids is 1. The number of allylic oxidation sites excluding steroid dienone is 2. The Morgan fingerprint density at radius 3 is 2.72 bits per heavy atom. The van der Waals surface area contributed by atoms with E-state index in [-0.39, 0.29) is 17.7 Å². The number of fused-ring (bicyclic) bond motifs is 3. The molecule has 0 saturated heterocycles. The van der Waals surface area contributed by atoms with Gasteiger partial charge in [-0.3, -0.25) is 14.3 Å². The first-order chi connectivity index (χ1) is 14.3. The average molecular weight is 382 g/mol. The van der Waals surface area contributed by atoms with Gasteiger partial charge in [-0.15, -0.1) is 0 Å². The van der Waals surface area contributed by atoms with Crippen molar-refractivity contribution in [3.63, 3.8) is 0 Å². The van der Waals surface area contributed by atoms with E-state index in [2.05, 4.69) is 14.9 Å². The number of carbonyl (C=O) groups is 1. The second-order valence-electron chi connectivity index (χ2n) is 7.54. The number of nitrogens with zero attached hydrogens (tertiary/aromatic N) is 3. The third kappa shape index (κ3) is 2.45. The van der Waals surface area contributed by atoms with Crippen LogP contribution in [0.4, 0.5) is 5.95 Å². The number of para-hydroxylation sites is 2. The molecule has 0 radical (unpaired) electrons. The Balaban J connectivity index is 1.56. The second kappa shape index (κ2) is 6.17. The van der Waals surface area contributed by atoms with Gasteiger partial charge in [-0.1, -0.05) is 12.1 Å². The van der Waals surface area contributed by atoms with Crippen LogP contribution in [0.25, 0.3) is 11.0 Å². The Kier molecular flexibility index (Phi) is 3.47. The predicted molar refractivity (Wildman–Crippen MR) is 108 cm³/mol. The number of Topliss-reactive ketones (excluding diaryl/α,β-unsaturated/α-hetero) is 1. The number of aromatic nitrogens is 3. The Morgan fingerprint density at radius 2 is 1.90 bits per heavy atom. The summed E-state index contributed by atoms with van der Waals surface area (Å²) in [6, 6.07) is 15.6. The van der Waals surface area contributed by atoms with Crippen molar-refractivity contribution in [3.8, 4) is 0 Å². The largest absolute Gasteiger partial charge is 0.469 e. The van der Waals surface area contributed by atoms with Gasteiger partial charge in [0, 0.05) is 36.0 Å². The number of imidazole rings is 1. The van der Waals surface area contributed by atoms with Gasteiger partial charge in [0.05, 0.1) is 23.3 Å². The van der Waals surface area contributed by atoms with Crippen molar-refractivity contribution < 1.29 is 9.21 Å². The summed E-state index contributed by atoms with van der Waals surface area (Å²) in [7, 11) is 0. The second-order valence-corrected chi connectivity index (χ2v) is 7.54. The van der Waals surface area contributed by atoms with Crippen molar-refractivity contribution in [2.45, 2.75) is 24.8 Å². The summed E-state index contributed by atoms with van der Waals surface area (Å²) in [5.74, 6) is 1.80. The van der Waals surface area contributed by atoms with Gasteiger partial charge in [0.1, 0.15) is 5.76 Å². The van der Waals surface area contributed by atoms with Crippen molar-refractivity contribution in [3.05, 3.63) is 89.8 Å². The molecule has 0 saturated carbocycles. The van der Waals surface area contributed by atoms with Crippen LogP contribution in [0.1, 0.15) is 36.1 Å². The normalized spacial score (nSPS) is 21.0. The molecule has 0 amide bonds.